The van der Waals surface area contributed by atoms with Crippen molar-refractivity contribution >= 4 is 17.3 Å². The highest BCUT2D eigenvalue weighted by atomic mass is 16.1. The molecule has 0 saturated carbocycles. The van der Waals surface area contributed by atoms with Gasteiger partial charge in [0.25, 0.3) is 5.91 Å². The van der Waals surface area contributed by atoms with Gasteiger partial charge in [-0.25, -0.2) is 19.9 Å². The summed E-state index contributed by atoms with van der Waals surface area (Å²) >= 11 is 0. The molecule has 0 bridgehead atoms. The van der Waals surface area contributed by atoms with Crippen LogP contribution in [-0.4, -0.2) is 25.8 Å². The molecule has 0 aliphatic rings. The molecule has 0 atom stereocenters. The Labute approximate surface area is 115 Å². The minimum Gasteiger partial charge on any atom is -0.321 e. The summed E-state index contributed by atoms with van der Waals surface area (Å²) in [7, 11) is 0. The SMILES string of the molecule is CC(C)c1ncc(NN)c(C(=O)Nc2cncnc2)n1. The Bertz CT molecular complexity index is 600. The Kier molecular flexibility index (Phi) is 4.16. The largest absolute Gasteiger partial charge is 0.321 e. The first kappa shape index (κ1) is 13.8. The molecule has 0 aliphatic carbocycles. The number of nitrogens with one attached hydrogen (secondary N) is 2. The van der Waals surface area contributed by atoms with E-state index in [1.165, 1.54) is 24.9 Å². The highest BCUT2D eigenvalue weighted by Crippen LogP contribution is 2.16. The molecule has 8 heteroatoms. The molecule has 0 aliphatic heterocycles. The Morgan fingerprint density at radius 1 is 1.25 bits per heavy atom. The van der Waals surface area contributed by atoms with Gasteiger partial charge in [0.15, 0.2) is 5.69 Å². The molecule has 1 amide bonds. The fraction of sp³-hybridized carbons (Fsp3) is 0.250. The second kappa shape index (κ2) is 6.02. The van der Waals surface area contributed by atoms with Crippen molar-refractivity contribution < 1.29 is 4.79 Å². The minimum atomic E-state index is -0.406. The molecule has 2 rings (SSSR count). The molecule has 2 aromatic rings. The van der Waals surface area contributed by atoms with Crippen molar-refractivity contribution in [2.24, 2.45) is 5.84 Å². The maximum atomic E-state index is 12.2. The lowest BCUT2D eigenvalue weighted by atomic mass is 10.2. The zero-order valence-electron chi connectivity index (χ0n) is 11.2. The molecule has 0 spiro atoms. The summed E-state index contributed by atoms with van der Waals surface area (Å²) in [5.74, 6) is 5.64. The monoisotopic (exact) mass is 273 g/mol. The number of hydrogen-bond donors (Lipinski definition) is 3. The van der Waals surface area contributed by atoms with E-state index in [1.54, 1.807) is 0 Å². The molecule has 0 saturated heterocycles. The number of nitrogen functional groups attached to an aromatic ring is 1. The van der Waals surface area contributed by atoms with E-state index in [4.69, 9.17) is 5.84 Å². The molecular weight excluding hydrogens is 258 g/mol. The van der Waals surface area contributed by atoms with Gasteiger partial charge in [-0.1, -0.05) is 13.8 Å². The van der Waals surface area contributed by atoms with Gasteiger partial charge in [-0.2, -0.15) is 0 Å². The van der Waals surface area contributed by atoms with Gasteiger partial charge in [0.05, 0.1) is 30.0 Å². The summed E-state index contributed by atoms with van der Waals surface area (Å²) in [4.78, 5) is 28.2. The van der Waals surface area contributed by atoms with Crippen molar-refractivity contribution in [1.82, 2.24) is 19.9 Å². The van der Waals surface area contributed by atoms with Crippen LogP contribution < -0.4 is 16.6 Å². The van der Waals surface area contributed by atoms with Crippen LogP contribution in [0.15, 0.2) is 24.9 Å². The van der Waals surface area contributed by atoms with Gasteiger partial charge >= 0.3 is 0 Å². The average Bonchev–Trinajstić information content (AvgIpc) is 2.47. The third-order valence-corrected chi connectivity index (χ3v) is 2.51. The maximum absolute atomic E-state index is 12.2. The topological polar surface area (TPSA) is 119 Å². The molecular formula is C12H15N7O. The molecule has 0 unspecified atom stereocenters. The molecule has 2 aromatic heterocycles. The number of amides is 1. The van der Waals surface area contributed by atoms with Crippen molar-refractivity contribution in [3.8, 4) is 0 Å². The van der Waals surface area contributed by atoms with Crippen LogP contribution in [0.25, 0.3) is 0 Å². The van der Waals surface area contributed by atoms with Gasteiger partial charge in [-0.15, -0.1) is 0 Å². The second-order valence-corrected chi connectivity index (χ2v) is 4.37. The van der Waals surface area contributed by atoms with E-state index >= 15 is 0 Å². The van der Waals surface area contributed by atoms with Crippen LogP contribution in [-0.2, 0) is 0 Å². The lowest BCUT2D eigenvalue weighted by Gasteiger charge is -2.11. The van der Waals surface area contributed by atoms with Crippen LogP contribution in [0, 0.1) is 0 Å². The van der Waals surface area contributed by atoms with Crippen LogP contribution in [0.3, 0.4) is 0 Å². The quantitative estimate of drug-likeness (QED) is 0.560. The smallest absolute Gasteiger partial charge is 0.276 e. The van der Waals surface area contributed by atoms with Crippen molar-refractivity contribution in [3.63, 3.8) is 0 Å². The summed E-state index contributed by atoms with van der Waals surface area (Å²) in [6.45, 7) is 3.88. The van der Waals surface area contributed by atoms with Crippen LogP contribution >= 0.6 is 0 Å². The highest BCUT2D eigenvalue weighted by Gasteiger charge is 2.16. The van der Waals surface area contributed by atoms with Gasteiger partial charge in [-0.05, 0) is 0 Å². The first-order valence-corrected chi connectivity index (χ1v) is 6.01. The van der Waals surface area contributed by atoms with E-state index in [9.17, 15) is 4.79 Å². The van der Waals surface area contributed by atoms with Crippen molar-refractivity contribution in [2.45, 2.75) is 19.8 Å². The zero-order valence-corrected chi connectivity index (χ0v) is 11.2. The van der Waals surface area contributed by atoms with E-state index in [1.807, 2.05) is 13.8 Å². The summed E-state index contributed by atoms with van der Waals surface area (Å²) in [6.07, 6.45) is 5.85. The standard InChI is InChI=1S/C12H15N7O/c1-7(2)11-16-5-9(19-13)10(18-11)12(20)17-8-3-14-6-15-4-8/h3-7,19H,13H2,1-2H3,(H,17,20). The maximum Gasteiger partial charge on any atom is 0.276 e. The Hall–Kier alpha value is -2.61. The fourth-order valence-electron chi connectivity index (χ4n) is 1.51. The van der Waals surface area contributed by atoms with Crippen LogP contribution in [0.1, 0.15) is 36.1 Å². The van der Waals surface area contributed by atoms with E-state index < -0.39 is 5.91 Å². The number of aromatic nitrogens is 4. The Morgan fingerprint density at radius 2 is 1.95 bits per heavy atom. The summed E-state index contributed by atoms with van der Waals surface area (Å²) in [6, 6.07) is 0. The van der Waals surface area contributed by atoms with Crippen LogP contribution in [0.4, 0.5) is 11.4 Å². The van der Waals surface area contributed by atoms with Gasteiger partial charge < -0.3 is 10.7 Å². The fourth-order valence-corrected chi connectivity index (χ4v) is 1.51. The predicted octanol–water partition coefficient (Wildman–Crippen LogP) is 0.928. The third kappa shape index (κ3) is 3.04. The van der Waals surface area contributed by atoms with Gasteiger partial charge in [0.1, 0.15) is 12.2 Å². The molecule has 0 aromatic carbocycles. The summed E-state index contributed by atoms with van der Waals surface area (Å²) < 4.78 is 0. The Balaban J connectivity index is 2.30. The number of hydrogen-bond acceptors (Lipinski definition) is 7. The Morgan fingerprint density at radius 3 is 2.55 bits per heavy atom. The number of rotatable bonds is 4. The van der Waals surface area contributed by atoms with E-state index in [-0.39, 0.29) is 11.6 Å². The molecule has 2 heterocycles. The predicted molar refractivity (Wildman–Crippen MR) is 73.9 cm³/mol. The lowest BCUT2D eigenvalue weighted by Crippen LogP contribution is -2.20. The first-order valence-electron chi connectivity index (χ1n) is 6.01. The number of anilines is 2. The summed E-state index contributed by atoms with van der Waals surface area (Å²) in [5.41, 5.74) is 3.42. The number of carbonyl (C=O) groups excluding carboxylic acids is 1. The van der Waals surface area contributed by atoms with E-state index in [2.05, 4.69) is 30.7 Å². The number of hydrazine groups is 1. The van der Waals surface area contributed by atoms with Crippen molar-refractivity contribution in [1.29, 1.82) is 0 Å². The van der Waals surface area contributed by atoms with Crippen LogP contribution in [0.5, 0.6) is 0 Å². The van der Waals surface area contributed by atoms with Gasteiger partial charge in [-0.3, -0.25) is 10.6 Å². The van der Waals surface area contributed by atoms with Gasteiger partial charge in [0, 0.05) is 5.92 Å². The zero-order chi connectivity index (χ0) is 14.5. The number of nitrogens with zero attached hydrogens (tertiary/aromatic N) is 4. The van der Waals surface area contributed by atoms with Gasteiger partial charge in [0.2, 0.25) is 0 Å². The molecule has 104 valence electrons. The number of carbonyl (C=O) groups is 1. The van der Waals surface area contributed by atoms with E-state index in [0.717, 1.165) is 0 Å². The normalized spacial score (nSPS) is 10.4. The first-order chi connectivity index (χ1) is 9.61. The number of nitrogens with two attached hydrogens (primary N) is 1. The second-order valence-electron chi connectivity index (χ2n) is 4.37. The van der Waals surface area contributed by atoms with E-state index in [0.29, 0.717) is 17.2 Å². The summed E-state index contributed by atoms with van der Waals surface area (Å²) in [5, 5.41) is 2.65. The third-order valence-electron chi connectivity index (χ3n) is 2.51. The highest BCUT2D eigenvalue weighted by molar-refractivity contribution is 6.06. The molecule has 0 radical (unpaired) electrons. The van der Waals surface area contributed by atoms with Crippen molar-refractivity contribution in [2.75, 3.05) is 10.7 Å². The van der Waals surface area contributed by atoms with Crippen molar-refractivity contribution in [3.05, 3.63) is 36.4 Å². The lowest BCUT2D eigenvalue weighted by molar-refractivity contribution is 0.102. The average molecular weight is 273 g/mol. The molecule has 8 nitrogen and oxygen atoms in total. The molecule has 4 N–H and O–H groups in total. The van der Waals surface area contributed by atoms with Crippen LogP contribution in [0.2, 0.25) is 0 Å². The molecule has 20 heavy (non-hydrogen) atoms. The molecule has 0 fully saturated rings. The minimum absolute atomic E-state index is 0.105.